The van der Waals surface area contributed by atoms with E-state index in [1.54, 1.807) is 16.8 Å². The summed E-state index contributed by atoms with van der Waals surface area (Å²) in [6, 6.07) is 11.1. The molecule has 0 fully saturated rings. The van der Waals surface area contributed by atoms with Crippen LogP contribution in [0.3, 0.4) is 0 Å². The van der Waals surface area contributed by atoms with Crippen molar-refractivity contribution in [1.29, 1.82) is 0 Å². The number of hydrogen-bond donors (Lipinski definition) is 2. The normalized spacial score (nSPS) is 10.7. The van der Waals surface area contributed by atoms with Crippen LogP contribution in [0.2, 0.25) is 0 Å². The van der Waals surface area contributed by atoms with Gasteiger partial charge in [0.1, 0.15) is 17.4 Å². The number of nitrogens with one attached hydrogen (secondary N) is 2. The first-order valence-electron chi connectivity index (χ1n) is 10.6. The van der Waals surface area contributed by atoms with E-state index in [9.17, 15) is 4.79 Å². The van der Waals surface area contributed by atoms with E-state index in [2.05, 4.69) is 32.6 Å². The molecule has 8 heteroatoms. The van der Waals surface area contributed by atoms with Crippen LogP contribution in [0.15, 0.2) is 36.4 Å². The van der Waals surface area contributed by atoms with Crippen molar-refractivity contribution in [2.24, 2.45) is 0 Å². The number of hydrogen-bond acceptors (Lipinski definition) is 6. The predicted molar refractivity (Wildman–Crippen MR) is 121 cm³/mol. The van der Waals surface area contributed by atoms with Gasteiger partial charge in [-0.2, -0.15) is 5.10 Å². The Bertz CT molecular complexity index is 1010. The molecule has 0 bridgehead atoms. The maximum absolute atomic E-state index is 12.3. The summed E-state index contributed by atoms with van der Waals surface area (Å²) in [4.78, 5) is 21.2. The third kappa shape index (κ3) is 6.28. The van der Waals surface area contributed by atoms with Gasteiger partial charge >= 0.3 is 0 Å². The third-order valence-corrected chi connectivity index (χ3v) is 4.65. The molecule has 2 heterocycles. The zero-order valence-corrected chi connectivity index (χ0v) is 18.6. The van der Waals surface area contributed by atoms with Gasteiger partial charge in [0.25, 0.3) is 5.91 Å². The second kappa shape index (κ2) is 10.6. The van der Waals surface area contributed by atoms with Crippen LogP contribution in [-0.4, -0.2) is 45.4 Å². The van der Waals surface area contributed by atoms with Gasteiger partial charge in [0, 0.05) is 30.4 Å². The summed E-state index contributed by atoms with van der Waals surface area (Å²) >= 11 is 0. The molecule has 3 rings (SSSR count). The van der Waals surface area contributed by atoms with Gasteiger partial charge in [-0.25, -0.2) is 14.6 Å². The third-order valence-electron chi connectivity index (χ3n) is 4.65. The first-order valence-corrected chi connectivity index (χ1v) is 10.6. The van der Waals surface area contributed by atoms with Gasteiger partial charge < -0.3 is 15.4 Å². The fraction of sp³-hybridized carbons (Fsp3) is 0.391. The molecule has 164 valence electrons. The van der Waals surface area contributed by atoms with Crippen LogP contribution < -0.4 is 15.4 Å². The summed E-state index contributed by atoms with van der Waals surface area (Å²) in [5.41, 5.74) is 2.55. The number of nitrogens with zero attached hydrogens (tertiary/aromatic N) is 4. The van der Waals surface area contributed by atoms with Crippen molar-refractivity contribution in [2.45, 2.75) is 40.5 Å². The van der Waals surface area contributed by atoms with Gasteiger partial charge in [-0.1, -0.05) is 13.3 Å². The van der Waals surface area contributed by atoms with Crippen LogP contribution in [0.1, 0.15) is 47.3 Å². The average molecular weight is 423 g/mol. The van der Waals surface area contributed by atoms with E-state index in [1.165, 1.54) is 0 Å². The predicted octanol–water partition coefficient (Wildman–Crippen LogP) is 3.61. The zero-order chi connectivity index (χ0) is 22.2. The molecule has 0 aliphatic carbocycles. The van der Waals surface area contributed by atoms with Crippen LogP contribution in [0.5, 0.6) is 5.75 Å². The number of aryl methyl sites for hydroxylation is 3. The van der Waals surface area contributed by atoms with Crippen LogP contribution in [0.25, 0.3) is 5.82 Å². The lowest BCUT2D eigenvalue weighted by molar-refractivity contribution is 0.0955. The molecule has 3 aromatic rings. The average Bonchev–Trinajstić information content (AvgIpc) is 3.09. The minimum atomic E-state index is -0.121. The molecule has 1 aromatic carbocycles. The molecule has 0 atom stereocenters. The molecule has 0 saturated heterocycles. The molecular weight excluding hydrogens is 392 g/mol. The van der Waals surface area contributed by atoms with Crippen LogP contribution in [0, 0.1) is 20.8 Å². The second-order valence-corrected chi connectivity index (χ2v) is 7.41. The van der Waals surface area contributed by atoms with Crippen LogP contribution in [-0.2, 0) is 0 Å². The smallest absolute Gasteiger partial charge is 0.251 e. The summed E-state index contributed by atoms with van der Waals surface area (Å²) < 4.78 is 7.43. The molecule has 0 aliphatic heterocycles. The Morgan fingerprint density at radius 1 is 1.06 bits per heavy atom. The summed E-state index contributed by atoms with van der Waals surface area (Å²) in [7, 11) is 0. The molecule has 1 amide bonds. The molecule has 0 spiro atoms. The van der Waals surface area contributed by atoms with Crippen molar-refractivity contribution in [3.05, 3.63) is 59.2 Å². The van der Waals surface area contributed by atoms with Crippen molar-refractivity contribution >= 4 is 11.7 Å². The Labute approximate surface area is 183 Å². The maximum atomic E-state index is 12.3. The lowest BCUT2D eigenvalue weighted by Gasteiger charge is -2.11. The topological polar surface area (TPSA) is 94.0 Å². The monoisotopic (exact) mass is 422 g/mol. The number of rotatable bonds is 10. The van der Waals surface area contributed by atoms with Crippen molar-refractivity contribution in [2.75, 3.05) is 25.0 Å². The van der Waals surface area contributed by atoms with E-state index >= 15 is 0 Å². The van der Waals surface area contributed by atoms with Gasteiger partial charge in [-0.05, 0) is 57.5 Å². The van der Waals surface area contributed by atoms with E-state index in [0.717, 1.165) is 30.0 Å². The highest BCUT2D eigenvalue weighted by atomic mass is 16.5. The number of ether oxygens (including phenoxy) is 1. The molecular formula is C23H30N6O2. The first kappa shape index (κ1) is 22.3. The van der Waals surface area contributed by atoms with Gasteiger partial charge in [0.2, 0.25) is 0 Å². The Morgan fingerprint density at radius 3 is 2.52 bits per heavy atom. The van der Waals surface area contributed by atoms with E-state index in [1.807, 2.05) is 45.0 Å². The lowest BCUT2D eigenvalue weighted by atomic mass is 10.2. The summed E-state index contributed by atoms with van der Waals surface area (Å²) in [6.45, 7) is 9.60. The van der Waals surface area contributed by atoms with Gasteiger partial charge in [-0.15, -0.1) is 0 Å². The molecule has 0 aliphatic rings. The minimum absolute atomic E-state index is 0.121. The van der Waals surface area contributed by atoms with Crippen LogP contribution >= 0.6 is 0 Å². The molecule has 2 aromatic heterocycles. The van der Waals surface area contributed by atoms with Crippen molar-refractivity contribution < 1.29 is 9.53 Å². The molecule has 31 heavy (non-hydrogen) atoms. The van der Waals surface area contributed by atoms with Gasteiger partial charge in [0.05, 0.1) is 12.3 Å². The first-order chi connectivity index (χ1) is 15.0. The molecule has 0 saturated carbocycles. The number of anilines is 1. The molecule has 0 unspecified atom stereocenters. The number of amides is 1. The summed E-state index contributed by atoms with van der Waals surface area (Å²) in [5, 5.41) is 10.6. The fourth-order valence-corrected chi connectivity index (χ4v) is 3.12. The SMILES string of the molecule is CCCCOc1ccc(C(=O)NCCNc2cc(-n3nc(C)cc3C)nc(C)n2)cc1. The number of benzene rings is 1. The maximum Gasteiger partial charge on any atom is 0.251 e. The lowest BCUT2D eigenvalue weighted by Crippen LogP contribution is -2.29. The Kier molecular flexibility index (Phi) is 7.59. The van der Waals surface area contributed by atoms with Crippen molar-refractivity contribution in [3.63, 3.8) is 0 Å². The van der Waals surface area contributed by atoms with Crippen LogP contribution in [0.4, 0.5) is 5.82 Å². The Hall–Kier alpha value is -3.42. The minimum Gasteiger partial charge on any atom is -0.494 e. The van der Waals surface area contributed by atoms with E-state index in [0.29, 0.717) is 42.7 Å². The van der Waals surface area contributed by atoms with Crippen molar-refractivity contribution in [1.82, 2.24) is 25.1 Å². The number of carbonyl (C=O) groups excluding carboxylic acids is 1. The number of aromatic nitrogens is 4. The highest BCUT2D eigenvalue weighted by Crippen LogP contribution is 2.14. The zero-order valence-electron chi connectivity index (χ0n) is 18.6. The van der Waals surface area contributed by atoms with Gasteiger partial charge in [-0.3, -0.25) is 4.79 Å². The largest absolute Gasteiger partial charge is 0.494 e. The summed E-state index contributed by atoms with van der Waals surface area (Å²) in [5.74, 6) is 2.72. The second-order valence-electron chi connectivity index (χ2n) is 7.41. The van der Waals surface area contributed by atoms with Gasteiger partial charge in [0.15, 0.2) is 5.82 Å². The van der Waals surface area contributed by atoms with E-state index < -0.39 is 0 Å². The fourth-order valence-electron chi connectivity index (χ4n) is 3.12. The molecule has 8 nitrogen and oxygen atoms in total. The van der Waals surface area contributed by atoms with Crippen molar-refractivity contribution in [3.8, 4) is 11.6 Å². The number of carbonyl (C=O) groups is 1. The molecule has 0 radical (unpaired) electrons. The Balaban J connectivity index is 1.50. The van der Waals surface area contributed by atoms with E-state index in [4.69, 9.17) is 4.74 Å². The highest BCUT2D eigenvalue weighted by molar-refractivity contribution is 5.94. The Morgan fingerprint density at radius 2 is 1.84 bits per heavy atom. The standard InChI is InChI=1S/C23H30N6O2/c1-5-6-13-31-20-9-7-19(8-10-20)23(30)25-12-11-24-21-15-22(27-18(4)26-21)29-17(3)14-16(2)28-29/h7-10,14-15H,5-6,11-13H2,1-4H3,(H,25,30)(H,24,26,27). The summed E-state index contributed by atoms with van der Waals surface area (Å²) in [6.07, 6.45) is 2.11. The molecule has 2 N–H and O–H groups in total. The highest BCUT2D eigenvalue weighted by Gasteiger charge is 2.09. The van der Waals surface area contributed by atoms with E-state index in [-0.39, 0.29) is 5.91 Å². The number of unbranched alkanes of at least 4 members (excludes halogenated alkanes) is 1. The quantitative estimate of drug-likeness (QED) is 0.485.